The average Bonchev–Trinajstić information content (AvgIpc) is 2.91. The van der Waals surface area contributed by atoms with Crippen molar-refractivity contribution < 1.29 is 27.8 Å². The quantitative estimate of drug-likeness (QED) is 0.612. The van der Waals surface area contributed by atoms with Crippen LogP contribution in [-0.2, 0) is 20.9 Å². The number of amides is 1. The molecule has 1 aromatic carbocycles. The van der Waals surface area contributed by atoms with Crippen molar-refractivity contribution in [2.45, 2.75) is 20.1 Å². The van der Waals surface area contributed by atoms with Crippen molar-refractivity contribution in [3.05, 3.63) is 49.4 Å². The fraction of sp³-hybridized carbons (Fsp3) is 0.316. The minimum atomic E-state index is -2.93. The SMILES string of the molecule is CCOC(=O)C=c1sc(=Cc2ccc(OC(F)F)cc2)c(=O)n1CC(=O)N(C)C. The smallest absolute Gasteiger partial charge is 0.387 e. The number of nitrogens with zero attached hydrogens (tertiary/aromatic N) is 2. The lowest BCUT2D eigenvalue weighted by Gasteiger charge is -2.10. The lowest BCUT2D eigenvalue weighted by molar-refractivity contribution is -0.135. The Morgan fingerprint density at radius 3 is 2.45 bits per heavy atom. The molecule has 0 atom stereocenters. The van der Waals surface area contributed by atoms with E-state index in [2.05, 4.69) is 4.74 Å². The lowest BCUT2D eigenvalue weighted by atomic mass is 10.2. The van der Waals surface area contributed by atoms with Crippen LogP contribution in [-0.4, -0.2) is 48.7 Å². The van der Waals surface area contributed by atoms with E-state index in [0.717, 1.165) is 17.4 Å². The van der Waals surface area contributed by atoms with Gasteiger partial charge < -0.3 is 14.4 Å². The van der Waals surface area contributed by atoms with E-state index in [1.165, 1.54) is 39.8 Å². The fourth-order valence-corrected chi connectivity index (χ4v) is 3.28. The Bertz CT molecular complexity index is 1040. The molecule has 2 aromatic rings. The van der Waals surface area contributed by atoms with E-state index >= 15 is 0 Å². The molecule has 10 heteroatoms. The Labute approximate surface area is 169 Å². The molecule has 0 unspecified atom stereocenters. The highest BCUT2D eigenvalue weighted by Gasteiger charge is 2.12. The van der Waals surface area contributed by atoms with Crippen molar-refractivity contribution in [3.63, 3.8) is 0 Å². The van der Waals surface area contributed by atoms with Crippen LogP contribution in [0, 0.1) is 0 Å². The number of rotatable bonds is 7. The Hall–Kier alpha value is -3.01. The van der Waals surface area contributed by atoms with E-state index in [0.29, 0.717) is 5.56 Å². The second-order valence-electron chi connectivity index (χ2n) is 5.97. The monoisotopic (exact) mass is 426 g/mol. The largest absolute Gasteiger partial charge is 0.463 e. The zero-order valence-corrected chi connectivity index (χ0v) is 16.9. The van der Waals surface area contributed by atoms with Gasteiger partial charge in [-0.1, -0.05) is 12.1 Å². The summed E-state index contributed by atoms with van der Waals surface area (Å²) in [5, 5.41) is 0. The number of likely N-dealkylation sites (N-methyl/N-ethyl adjacent to an activating group) is 1. The van der Waals surface area contributed by atoms with Gasteiger partial charge in [-0.2, -0.15) is 8.78 Å². The van der Waals surface area contributed by atoms with Crippen LogP contribution in [0.5, 0.6) is 5.75 Å². The van der Waals surface area contributed by atoms with Crippen LogP contribution in [0.25, 0.3) is 12.2 Å². The lowest BCUT2D eigenvalue weighted by Crippen LogP contribution is -2.38. The van der Waals surface area contributed by atoms with E-state index in [-0.39, 0.29) is 34.0 Å². The van der Waals surface area contributed by atoms with Gasteiger partial charge in [0.25, 0.3) is 5.56 Å². The van der Waals surface area contributed by atoms with Crippen LogP contribution in [0.15, 0.2) is 29.1 Å². The molecular weight excluding hydrogens is 406 g/mol. The predicted octanol–water partition coefficient (Wildman–Crippen LogP) is 0.772. The molecule has 0 aliphatic heterocycles. The number of alkyl halides is 2. The molecule has 0 radical (unpaired) electrons. The van der Waals surface area contributed by atoms with Gasteiger partial charge in [0.1, 0.15) is 17.0 Å². The normalized spacial score (nSPS) is 12.3. The van der Waals surface area contributed by atoms with Crippen LogP contribution in [0.3, 0.4) is 0 Å². The molecule has 0 N–H and O–H groups in total. The highest BCUT2D eigenvalue weighted by atomic mass is 32.1. The van der Waals surface area contributed by atoms with Crippen molar-refractivity contribution >= 4 is 35.4 Å². The number of esters is 1. The number of carbonyl (C=O) groups is 2. The van der Waals surface area contributed by atoms with Crippen LogP contribution in [0.4, 0.5) is 8.78 Å². The van der Waals surface area contributed by atoms with Gasteiger partial charge in [-0.3, -0.25) is 14.2 Å². The fourth-order valence-electron chi connectivity index (χ4n) is 2.25. The highest BCUT2D eigenvalue weighted by molar-refractivity contribution is 7.07. The van der Waals surface area contributed by atoms with Crippen molar-refractivity contribution in [2.24, 2.45) is 0 Å². The molecular formula is C19H20F2N2O5S. The summed E-state index contributed by atoms with van der Waals surface area (Å²) in [6, 6.07) is 5.73. The van der Waals surface area contributed by atoms with E-state index in [9.17, 15) is 23.2 Å². The molecule has 0 aliphatic rings. The molecule has 156 valence electrons. The summed E-state index contributed by atoms with van der Waals surface area (Å²) in [4.78, 5) is 38.0. The molecule has 0 spiro atoms. The van der Waals surface area contributed by atoms with E-state index < -0.39 is 18.1 Å². The van der Waals surface area contributed by atoms with Gasteiger partial charge in [-0.05, 0) is 30.7 Å². The van der Waals surface area contributed by atoms with Crippen LogP contribution >= 0.6 is 11.3 Å². The molecule has 29 heavy (non-hydrogen) atoms. The molecule has 7 nitrogen and oxygen atoms in total. The maximum atomic E-state index is 12.8. The Morgan fingerprint density at radius 1 is 1.24 bits per heavy atom. The second-order valence-corrected chi connectivity index (χ2v) is 7.03. The molecule has 1 heterocycles. The van der Waals surface area contributed by atoms with Crippen molar-refractivity contribution in [2.75, 3.05) is 20.7 Å². The van der Waals surface area contributed by atoms with Crippen molar-refractivity contribution in [1.82, 2.24) is 9.47 Å². The first-order chi connectivity index (χ1) is 13.7. The summed E-state index contributed by atoms with van der Waals surface area (Å²) in [5.74, 6) is -0.947. The van der Waals surface area contributed by atoms with Gasteiger partial charge in [-0.25, -0.2) is 4.79 Å². The summed E-state index contributed by atoms with van der Waals surface area (Å²) < 4.78 is 35.4. The molecule has 1 amide bonds. The number of benzene rings is 1. The average molecular weight is 426 g/mol. The third-order valence-electron chi connectivity index (χ3n) is 3.66. The van der Waals surface area contributed by atoms with Gasteiger partial charge >= 0.3 is 12.6 Å². The maximum Gasteiger partial charge on any atom is 0.387 e. The maximum absolute atomic E-state index is 12.8. The standard InChI is InChI=1S/C19H20F2N2O5S/c1-4-27-17(25)10-16-23(11-15(24)22(2)3)18(26)14(29-16)9-12-5-7-13(8-6-12)28-19(20)21/h5-10,19H,4,11H2,1-3H3. The zero-order chi connectivity index (χ0) is 21.6. The zero-order valence-electron chi connectivity index (χ0n) is 16.1. The highest BCUT2D eigenvalue weighted by Crippen LogP contribution is 2.15. The summed E-state index contributed by atoms with van der Waals surface area (Å²) in [5.41, 5.74) is 0.118. The summed E-state index contributed by atoms with van der Waals surface area (Å²) in [6.07, 6.45) is 2.70. The Balaban J connectivity index is 2.50. The molecule has 0 saturated heterocycles. The minimum absolute atomic E-state index is 0.00588. The predicted molar refractivity (Wildman–Crippen MR) is 104 cm³/mol. The number of halogens is 2. The van der Waals surface area contributed by atoms with Crippen molar-refractivity contribution in [3.8, 4) is 5.75 Å². The number of carbonyl (C=O) groups excluding carboxylic acids is 2. The molecule has 0 bridgehead atoms. The number of hydrogen-bond donors (Lipinski definition) is 0. The summed E-state index contributed by atoms with van der Waals surface area (Å²) in [7, 11) is 3.12. The van der Waals surface area contributed by atoms with Crippen molar-refractivity contribution in [1.29, 1.82) is 0 Å². The van der Waals surface area contributed by atoms with Crippen LogP contribution in [0.1, 0.15) is 12.5 Å². The third-order valence-corrected chi connectivity index (χ3v) is 4.72. The van der Waals surface area contributed by atoms with Gasteiger partial charge in [0.15, 0.2) is 0 Å². The first kappa shape index (κ1) is 22.3. The number of hydrogen-bond acceptors (Lipinski definition) is 6. The van der Waals surface area contributed by atoms with E-state index in [4.69, 9.17) is 4.74 Å². The minimum Gasteiger partial charge on any atom is -0.463 e. The van der Waals surface area contributed by atoms with Gasteiger partial charge in [0.2, 0.25) is 5.91 Å². The van der Waals surface area contributed by atoms with Crippen LogP contribution < -0.4 is 19.5 Å². The number of ether oxygens (including phenoxy) is 2. The Morgan fingerprint density at radius 2 is 1.90 bits per heavy atom. The number of aromatic nitrogens is 1. The number of thiazole rings is 1. The van der Waals surface area contributed by atoms with Gasteiger partial charge in [0.05, 0.1) is 17.2 Å². The van der Waals surface area contributed by atoms with Gasteiger partial charge in [0, 0.05) is 14.1 Å². The topological polar surface area (TPSA) is 77.8 Å². The molecule has 2 rings (SSSR count). The molecule has 0 fully saturated rings. The first-order valence-electron chi connectivity index (χ1n) is 8.56. The van der Waals surface area contributed by atoms with E-state index in [1.807, 2.05) is 0 Å². The van der Waals surface area contributed by atoms with E-state index in [1.54, 1.807) is 21.0 Å². The molecule has 0 aliphatic carbocycles. The molecule has 1 aromatic heterocycles. The summed E-state index contributed by atoms with van der Waals surface area (Å²) >= 11 is 1.02. The second kappa shape index (κ2) is 9.97. The third kappa shape index (κ3) is 6.24. The van der Waals surface area contributed by atoms with Crippen LogP contribution in [0.2, 0.25) is 0 Å². The Kier molecular flexibility index (Phi) is 7.66. The van der Waals surface area contributed by atoms with Gasteiger partial charge in [-0.15, -0.1) is 11.3 Å². The molecule has 0 saturated carbocycles. The first-order valence-corrected chi connectivity index (χ1v) is 9.37. The summed E-state index contributed by atoms with van der Waals surface area (Å²) in [6.45, 7) is -1.33.